The van der Waals surface area contributed by atoms with Crippen LogP contribution in [0.15, 0.2) is 78.5 Å². The van der Waals surface area contributed by atoms with E-state index in [0.717, 1.165) is 4.90 Å². The molecule has 0 unspecified atom stereocenters. The Balaban J connectivity index is 1.85. The monoisotopic (exact) mass is 439 g/mol. The van der Waals surface area contributed by atoms with Crippen molar-refractivity contribution in [2.45, 2.75) is 6.92 Å². The van der Waals surface area contributed by atoms with Crippen LogP contribution >= 0.6 is 0 Å². The SMILES string of the molecule is CCOc1ccccc1NC1=C(c2ccccc2OC)C(=O)N(c2ccc(C#N)cc2)C1=O. The average molecular weight is 439 g/mol. The fourth-order valence-corrected chi connectivity index (χ4v) is 3.65. The van der Waals surface area contributed by atoms with Gasteiger partial charge in [-0.15, -0.1) is 0 Å². The number of anilines is 2. The van der Waals surface area contributed by atoms with Gasteiger partial charge < -0.3 is 14.8 Å². The highest BCUT2D eigenvalue weighted by Gasteiger charge is 2.41. The van der Waals surface area contributed by atoms with Crippen LogP contribution < -0.4 is 19.7 Å². The van der Waals surface area contributed by atoms with E-state index in [2.05, 4.69) is 5.32 Å². The van der Waals surface area contributed by atoms with Crippen LogP contribution in [0.5, 0.6) is 11.5 Å². The van der Waals surface area contributed by atoms with E-state index in [4.69, 9.17) is 14.7 Å². The van der Waals surface area contributed by atoms with Gasteiger partial charge in [0.2, 0.25) is 0 Å². The largest absolute Gasteiger partial charge is 0.496 e. The molecule has 1 aliphatic rings. The molecule has 7 nitrogen and oxygen atoms in total. The number of methoxy groups -OCH3 is 1. The first-order valence-electron chi connectivity index (χ1n) is 10.3. The van der Waals surface area contributed by atoms with Crippen LogP contribution in [0.4, 0.5) is 11.4 Å². The summed E-state index contributed by atoms with van der Waals surface area (Å²) >= 11 is 0. The molecule has 33 heavy (non-hydrogen) atoms. The molecule has 0 saturated heterocycles. The fourth-order valence-electron chi connectivity index (χ4n) is 3.65. The molecule has 3 aromatic rings. The molecule has 4 rings (SSSR count). The van der Waals surface area contributed by atoms with Gasteiger partial charge in [0.15, 0.2) is 0 Å². The molecule has 0 radical (unpaired) electrons. The number of nitriles is 1. The van der Waals surface area contributed by atoms with Crippen LogP contribution in [0.25, 0.3) is 5.57 Å². The summed E-state index contributed by atoms with van der Waals surface area (Å²) in [6.45, 7) is 2.31. The predicted octanol–water partition coefficient (Wildman–Crippen LogP) is 4.36. The summed E-state index contributed by atoms with van der Waals surface area (Å²) in [5.41, 5.74) is 2.15. The van der Waals surface area contributed by atoms with E-state index < -0.39 is 11.8 Å². The van der Waals surface area contributed by atoms with Crippen molar-refractivity contribution in [3.8, 4) is 17.6 Å². The second kappa shape index (κ2) is 9.28. The van der Waals surface area contributed by atoms with Crippen molar-refractivity contribution in [2.75, 3.05) is 23.9 Å². The van der Waals surface area contributed by atoms with Gasteiger partial charge in [-0.3, -0.25) is 9.59 Å². The zero-order valence-electron chi connectivity index (χ0n) is 18.2. The number of hydrogen-bond acceptors (Lipinski definition) is 6. The lowest BCUT2D eigenvalue weighted by molar-refractivity contribution is -0.120. The summed E-state index contributed by atoms with van der Waals surface area (Å²) in [5, 5.41) is 12.2. The van der Waals surface area contributed by atoms with Gasteiger partial charge in [-0.1, -0.05) is 30.3 Å². The molecule has 0 fully saturated rings. The molecule has 0 aromatic heterocycles. The lowest BCUT2D eigenvalue weighted by Crippen LogP contribution is -2.32. The van der Waals surface area contributed by atoms with Crippen molar-refractivity contribution >= 4 is 28.8 Å². The van der Waals surface area contributed by atoms with E-state index in [1.807, 2.05) is 25.1 Å². The van der Waals surface area contributed by atoms with Crippen LogP contribution in [0, 0.1) is 11.3 Å². The highest BCUT2D eigenvalue weighted by Crippen LogP contribution is 2.38. The molecule has 7 heteroatoms. The van der Waals surface area contributed by atoms with Gasteiger partial charge in [0.25, 0.3) is 11.8 Å². The number of benzene rings is 3. The van der Waals surface area contributed by atoms with Gasteiger partial charge in [-0.25, -0.2) is 4.90 Å². The van der Waals surface area contributed by atoms with Crippen molar-refractivity contribution in [1.29, 1.82) is 5.26 Å². The van der Waals surface area contributed by atoms with Gasteiger partial charge in [0.05, 0.1) is 42.3 Å². The summed E-state index contributed by atoms with van der Waals surface area (Å²) in [5.74, 6) is 0.0131. The summed E-state index contributed by atoms with van der Waals surface area (Å²) in [6, 6.07) is 22.6. The van der Waals surface area contributed by atoms with Crippen LogP contribution in [-0.4, -0.2) is 25.5 Å². The first-order valence-corrected chi connectivity index (χ1v) is 10.3. The summed E-state index contributed by atoms with van der Waals surface area (Å²) in [6.07, 6.45) is 0. The molecule has 0 spiro atoms. The van der Waals surface area contributed by atoms with Crippen molar-refractivity contribution in [1.82, 2.24) is 0 Å². The molecule has 0 bridgehead atoms. The lowest BCUT2D eigenvalue weighted by atomic mass is 10.0. The van der Waals surface area contributed by atoms with Gasteiger partial charge in [0, 0.05) is 5.56 Å². The Morgan fingerprint density at radius 3 is 2.24 bits per heavy atom. The number of rotatable bonds is 7. The number of imide groups is 1. The zero-order valence-corrected chi connectivity index (χ0v) is 18.2. The summed E-state index contributed by atoms with van der Waals surface area (Å²) < 4.78 is 11.2. The van der Waals surface area contributed by atoms with E-state index in [9.17, 15) is 9.59 Å². The number of amides is 2. The second-order valence-electron chi connectivity index (χ2n) is 7.11. The number of carbonyl (C=O) groups excluding carboxylic acids is 2. The Morgan fingerprint density at radius 2 is 1.58 bits per heavy atom. The topological polar surface area (TPSA) is 91.7 Å². The predicted molar refractivity (Wildman–Crippen MR) is 125 cm³/mol. The molecule has 164 valence electrons. The van der Waals surface area contributed by atoms with E-state index in [0.29, 0.717) is 40.6 Å². The van der Waals surface area contributed by atoms with Crippen LogP contribution in [-0.2, 0) is 9.59 Å². The van der Waals surface area contributed by atoms with Crippen LogP contribution in [0.2, 0.25) is 0 Å². The highest BCUT2D eigenvalue weighted by atomic mass is 16.5. The first-order chi connectivity index (χ1) is 16.1. The number of hydrogen-bond donors (Lipinski definition) is 1. The number of para-hydroxylation sites is 3. The van der Waals surface area contributed by atoms with Gasteiger partial charge in [-0.05, 0) is 49.4 Å². The molecule has 1 aliphatic heterocycles. The van der Waals surface area contributed by atoms with Crippen LogP contribution in [0.3, 0.4) is 0 Å². The summed E-state index contributed by atoms with van der Waals surface area (Å²) in [4.78, 5) is 28.3. The molecule has 0 saturated carbocycles. The quantitative estimate of drug-likeness (QED) is 0.550. The third-order valence-corrected chi connectivity index (χ3v) is 5.16. The Morgan fingerprint density at radius 1 is 0.909 bits per heavy atom. The molecule has 2 amide bonds. The van der Waals surface area contributed by atoms with Crippen molar-refractivity contribution in [3.05, 3.63) is 89.6 Å². The first kappa shape index (κ1) is 21.7. The van der Waals surface area contributed by atoms with Crippen molar-refractivity contribution in [3.63, 3.8) is 0 Å². The van der Waals surface area contributed by atoms with E-state index >= 15 is 0 Å². The minimum absolute atomic E-state index is 0.112. The van der Waals surface area contributed by atoms with Gasteiger partial charge in [-0.2, -0.15) is 5.26 Å². The molecular formula is C26H21N3O4. The van der Waals surface area contributed by atoms with Crippen molar-refractivity contribution < 1.29 is 19.1 Å². The number of nitrogens with one attached hydrogen (secondary N) is 1. The average Bonchev–Trinajstić information content (AvgIpc) is 3.09. The van der Waals surface area contributed by atoms with Crippen molar-refractivity contribution in [2.24, 2.45) is 0 Å². The lowest BCUT2D eigenvalue weighted by Gasteiger charge is -2.16. The molecule has 3 aromatic carbocycles. The maximum absolute atomic E-state index is 13.6. The van der Waals surface area contributed by atoms with E-state index in [1.165, 1.54) is 7.11 Å². The molecule has 1 heterocycles. The van der Waals surface area contributed by atoms with E-state index in [-0.39, 0.29) is 11.3 Å². The van der Waals surface area contributed by atoms with Crippen LogP contribution in [0.1, 0.15) is 18.1 Å². The molecule has 1 N–H and O–H groups in total. The molecular weight excluding hydrogens is 418 g/mol. The third kappa shape index (κ3) is 4.02. The fraction of sp³-hybridized carbons (Fsp3) is 0.115. The Kier molecular flexibility index (Phi) is 6.09. The molecule has 0 aliphatic carbocycles. The standard InChI is InChI=1S/C26H21N3O4/c1-3-33-22-11-7-5-9-20(22)28-24-23(19-8-4-6-10-21(19)32-2)25(30)29(26(24)31)18-14-12-17(16-27)13-15-18/h4-15,28H,3H2,1-2H3. The second-order valence-corrected chi connectivity index (χ2v) is 7.11. The minimum Gasteiger partial charge on any atom is -0.496 e. The normalized spacial score (nSPS) is 13.2. The third-order valence-electron chi connectivity index (χ3n) is 5.16. The highest BCUT2D eigenvalue weighted by molar-refractivity contribution is 6.46. The number of ether oxygens (including phenoxy) is 2. The van der Waals surface area contributed by atoms with Gasteiger partial charge in [0.1, 0.15) is 17.2 Å². The van der Waals surface area contributed by atoms with Gasteiger partial charge >= 0.3 is 0 Å². The van der Waals surface area contributed by atoms with E-state index in [1.54, 1.807) is 60.7 Å². The zero-order chi connectivity index (χ0) is 23.4. The Labute approximate surface area is 191 Å². The minimum atomic E-state index is -0.517. The summed E-state index contributed by atoms with van der Waals surface area (Å²) in [7, 11) is 1.51. The Bertz CT molecular complexity index is 1290. The maximum atomic E-state index is 13.6. The maximum Gasteiger partial charge on any atom is 0.282 e. The Hall–Kier alpha value is -4.57. The smallest absolute Gasteiger partial charge is 0.282 e. The molecule has 0 atom stereocenters. The number of nitrogens with zero attached hydrogens (tertiary/aromatic N) is 2. The number of carbonyl (C=O) groups is 2.